The largest absolute Gasteiger partial charge is 0.508 e. The van der Waals surface area contributed by atoms with Gasteiger partial charge in [-0.3, -0.25) is 0 Å². The molecule has 2 N–H and O–H groups in total. The third-order valence-electron chi connectivity index (χ3n) is 1.77. The highest BCUT2D eigenvalue weighted by Gasteiger charge is 1.93. The molecule has 1 rings (SSSR count). The number of hydrogen-bond donors (Lipinski definition) is 2. The molecule has 14 heavy (non-hydrogen) atoms. The molecule has 1 aromatic carbocycles. The fraction of sp³-hybridized carbons (Fsp3) is 0.182. The summed E-state index contributed by atoms with van der Waals surface area (Å²) in [5.74, 6) is -0.689. The molecular formula is C11H12O3. The van der Waals surface area contributed by atoms with E-state index in [9.17, 15) is 4.79 Å². The van der Waals surface area contributed by atoms with Crippen molar-refractivity contribution in [3.05, 3.63) is 42.0 Å². The van der Waals surface area contributed by atoms with Crippen molar-refractivity contribution in [1.29, 1.82) is 0 Å². The number of benzene rings is 1. The number of carbonyl (C=O) groups is 1. The summed E-state index contributed by atoms with van der Waals surface area (Å²) in [5, 5.41) is 17.5. The topological polar surface area (TPSA) is 57.5 Å². The molecule has 0 bridgehead atoms. The van der Waals surface area contributed by atoms with Gasteiger partial charge in [0.25, 0.3) is 0 Å². The SMILES string of the molecule is O=C(O)/C=C/CCc1cccc(O)c1. The summed E-state index contributed by atoms with van der Waals surface area (Å²) in [5.41, 5.74) is 1.00. The van der Waals surface area contributed by atoms with E-state index >= 15 is 0 Å². The lowest BCUT2D eigenvalue weighted by molar-refractivity contribution is -0.131. The molecule has 0 amide bonds. The number of carboxylic acid groups (broad SMARTS) is 1. The van der Waals surface area contributed by atoms with Crippen LogP contribution >= 0.6 is 0 Å². The number of aliphatic carboxylic acids is 1. The van der Waals surface area contributed by atoms with Crippen molar-refractivity contribution in [2.24, 2.45) is 0 Å². The standard InChI is InChI=1S/C11H12O3/c12-10-6-3-5-9(8-10)4-1-2-7-11(13)14/h2-3,5-8,12H,1,4H2,(H,13,14)/b7-2+. The summed E-state index contributed by atoms with van der Waals surface area (Å²) >= 11 is 0. The molecule has 1 aromatic rings. The van der Waals surface area contributed by atoms with Crippen molar-refractivity contribution < 1.29 is 15.0 Å². The number of allylic oxidation sites excluding steroid dienone is 1. The lowest BCUT2D eigenvalue weighted by Crippen LogP contribution is -1.87. The molecule has 3 nitrogen and oxygen atoms in total. The second-order valence-corrected chi connectivity index (χ2v) is 2.95. The maximum Gasteiger partial charge on any atom is 0.327 e. The van der Waals surface area contributed by atoms with Crippen LogP contribution in [0.2, 0.25) is 0 Å². The van der Waals surface area contributed by atoms with E-state index in [4.69, 9.17) is 10.2 Å². The smallest absolute Gasteiger partial charge is 0.327 e. The lowest BCUT2D eigenvalue weighted by atomic mass is 10.1. The van der Waals surface area contributed by atoms with Crippen LogP contribution in [0.25, 0.3) is 0 Å². The highest BCUT2D eigenvalue weighted by atomic mass is 16.4. The summed E-state index contributed by atoms with van der Waals surface area (Å²) in [7, 11) is 0. The molecule has 0 saturated carbocycles. The van der Waals surface area contributed by atoms with Crippen LogP contribution in [-0.2, 0) is 11.2 Å². The van der Waals surface area contributed by atoms with Gasteiger partial charge in [0.1, 0.15) is 5.75 Å². The second kappa shape index (κ2) is 5.07. The Labute approximate surface area is 82.3 Å². The van der Waals surface area contributed by atoms with Gasteiger partial charge in [0.15, 0.2) is 0 Å². The van der Waals surface area contributed by atoms with Crippen LogP contribution in [0.4, 0.5) is 0 Å². The monoisotopic (exact) mass is 192 g/mol. The molecule has 0 fully saturated rings. The minimum atomic E-state index is -0.930. The minimum Gasteiger partial charge on any atom is -0.508 e. The molecule has 0 spiro atoms. The molecule has 74 valence electrons. The first-order valence-electron chi connectivity index (χ1n) is 4.36. The number of phenolic OH excluding ortho intramolecular Hbond substituents is 1. The zero-order valence-corrected chi connectivity index (χ0v) is 7.68. The van der Waals surface area contributed by atoms with Crippen LogP contribution in [0.5, 0.6) is 5.75 Å². The van der Waals surface area contributed by atoms with E-state index in [1.807, 2.05) is 6.07 Å². The molecule has 0 saturated heterocycles. The van der Waals surface area contributed by atoms with E-state index in [-0.39, 0.29) is 5.75 Å². The molecule has 0 aliphatic carbocycles. The van der Waals surface area contributed by atoms with Crippen LogP contribution in [0.1, 0.15) is 12.0 Å². The fourth-order valence-corrected chi connectivity index (χ4v) is 1.15. The van der Waals surface area contributed by atoms with E-state index in [2.05, 4.69) is 0 Å². The Bertz CT molecular complexity index is 342. The van der Waals surface area contributed by atoms with Gasteiger partial charge in [0.05, 0.1) is 0 Å². The highest BCUT2D eigenvalue weighted by molar-refractivity contribution is 5.79. The molecule has 0 radical (unpaired) electrons. The van der Waals surface area contributed by atoms with Crippen LogP contribution in [0, 0.1) is 0 Å². The van der Waals surface area contributed by atoms with E-state index in [0.717, 1.165) is 18.1 Å². The van der Waals surface area contributed by atoms with Crippen molar-refractivity contribution in [3.8, 4) is 5.75 Å². The highest BCUT2D eigenvalue weighted by Crippen LogP contribution is 2.12. The quantitative estimate of drug-likeness (QED) is 0.717. The summed E-state index contributed by atoms with van der Waals surface area (Å²) in [6, 6.07) is 6.95. The van der Waals surface area contributed by atoms with E-state index in [0.29, 0.717) is 6.42 Å². The van der Waals surface area contributed by atoms with Gasteiger partial charge >= 0.3 is 5.97 Å². The number of aromatic hydroxyl groups is 1. The minimum absolute atomic E-state index is 0.240. The Morgan fingerprint density at radius 2 is 2.21 bits per heavy atom. The van der Waals surface area contributed by atoms with E-state index < -0.39 is 5.97 Å². The van der Waals surface area contributed by atoms with Crippen molar-refractivity contribution in [3.63, 3.8) is 0 Å². The first-order valence-corrected chi connectivity index (χ1v) is 4.36. The van der Waals surface area contributed by atoms with Crippen molar-refractivity contribution in [1.82, 2.24) is 0 Å². The lowest BCUT2D eigenvalue weighted by Gasteiger charge is -1.98. The van der Waals surface area contributed by atoms with Crippen molar-refractivity contribution in [2.75, 3.05) is 0 Å². The number of hydrogen-bond acceptors (Lipinski definition) is 2. The molecule has 3 heteroatoms. The predicted molar refractivity (Wildman–Crippen MR) is 53.2 cm³/mol. The van der Waals surface area contributed by atoms with Gasteiger partial charge in [0, 0.05) is 6.08 Å². The van der Waals surface area contributed by atoms with Gasteiger partial charge in [-0.25, -0.2) is 4.79 Å². The molecule has 0 atom stereocenters. The van der Waals surface area contributed by atoms with Gasteiger partial charge in [-0.1, -0.05) is 18.2 Å². The first kappa shape index (κ1) is 10.3. The zero-order valence-electron chi connectivity index (χ0n) is 7.68. The number of carboxylic acids is 1. The Balaban J connectivity index is 2.42. The third-order valence-corrected chi connectivity index (χ3v) is 1.77. The Morgan fingerprint density at radius 1 is 1.43 bits per heavy atom. The van der Waals surface area contributed by atoms with Crippen LogP contribution in [0.3, 0.4) is 0 Å². The average molecular weight is 192 g/mol. The van der Waals surface area contributed by atoms with Gasteiger partial charge in [-0.05, 0) is 30.5 Å². The normalized spacial score (nSPS) is 10.6. The average Bonchev–Trinajstić information content (AvgIpc) is 2.12. The third kappa shape index (κ3) is 3.76. The summed E-state index contributed by atoms with van der Waals surface area (Å²) in [6.07, 6.45) is 4.13. The van der Waals surface area contributed by atoms with Gasteiger partial charge in [-0.2, -0.15) is 0 Å². The van der Waals surface area contributed by atoms with E-state index in [1.165, 1.54) is 0 Å². The maximum atomic E-state index is 10.1. The summed E-state index contributed by atoms with van der Waals surface area (Å²) in [4.78, 5) is 10.1. The van der Waals surface area contributed by atoms with Gasteiger partial charge < -0.3 is 10.2 Å². The van der Waals surface area contributed by atoms with Crippen LogP contribution < -0.4 is 0 Å². The fourth-order valence-electron chi connectivity index (χ4n) is 1.15. The Kier molecular flexibility index (Phi) is 3.73. The number of phenols is 1. The Morgan fingerprint density at radius 3 is 2.86 bits per heavy atom. The molecule has 0 heterocycles. The van der Waals surface area contributed by atoms with Crippen molar-refractivity contribution >= 4 is 5.97 Å². The zero-order chi connectivity index (χ0) is 10.4. The predicted octanol–water partition coefficient (Wildman–Crippen LogP) is 1.97. The van der Waals surface area contributed by atoms with Crippen LogP contribution in [-0.4, -0.2) is 16.2 Å². The van der Waals surface area contributed by atoms with Gasteiger partial charge in [-0.15, -0.1) is 0 Å². The molecule has 0 aromatic heterocycles. The molecule has 0 aliphatic rings. The van der Waals surface area contributed by atoms with Gasteiger partial charge in [0.2, 0.25) is 0 Å². The van der Waals surface area contributed by atoms with Crippen molar-refractivity contribution in [2.45, 2.75) is 12.8 Å². The van der Waals surface area contributed by atoms with Crippen LogP contribution in [0.15, 0.2) is 36.4 Å². The summed E-state index contributed by atoms with van der Waals surface area (Å²) in [6.45, 7) is 0. The molecule has 0 aliphatic heterocycles. The molecule has 0 unspecified atom stereocenters. The second-order valence-electron chi connectivity index (χ2n) is 2.95. The number of aryl methyl sites for hydroxylation is 1. The Hall–Kier alpha value is -1.77. The number of rotatable bonds is 4. The molecular weight excluding hydrogens is 180 g/mol. The van der Waals surface area contributed by atoms with E-state index in [1.54, 1.807) is 24.3 Å². The first-order chi connectivity index (χ1) is 6.68. The summed E-state index contributed by atoms with van der Waals surface area (Å²) < 4.78 is 0. The maximum absolute atomic E-state index is 10.1.